The molecule has 0 radical (unpaired) electrons. The minimum Gasteiger partial charge on any atom is -0.0847 e. The molecular formula is C8H14Si. The molecule has 1 rings (SSSR count). The van der Waals surface area contributed by atoms with Gasteiger partial charge in [-0.3, -0.25) is 0 Å². The van der Waals surface area contributed by atoms with E-state index in [1.54, 1.807) is 0 Å². The summed E-state index contributed by atoms with van der Waals surface area (Å²) >= 11 is 0. The zero-order valence-electron chi connectivity index (χ0n) is 6.01. The van der Waals surface area contributed by atoms with Gasteiger partial charge in [-0.05, 0) is 12.0 Å². The predicted octanol–water partition coefficient (Wildman–Crippen LogP) is 1.90. The summed E-state index contributed by atoms with van der Waals surface area (Å²) in [5.41, 5.74) is 0.878. The Balaban J connectivity index is 2.31. The summed E-state index contributed by atoms with van der Waals surface area (Å²) in [4.78, 5) is 0. The molecule has 0 saturated carbocycles. The van der Waals surface area contributed by atoms with E-state index >= 15 is 0 Å². The van der Waals surface area contributed by atoms with Crippen molar-refractivity contribution in [3.63, 3.8) is 0 Å². The summed E-state index contributed by atoms with van der Waals surface area (Å²) in [5, 5.41) is 0. The lowest BCUT2D eigenvalue weighted by atomic mass is 10.2. The standard InChI is InChI=1S/C8H14Si/c1-2-9-8-6-4-3-5-7-8/h4-8H,2-3,9H2,1H3. The molecule has 0 aliphatic heterocycles. The van der Waals surface area contributed by atoms with Gasteiger partial charge >= 0.3 is 0 Å². The minimum atomic E-state index is 0.202. The van der Waals surface area contributed by atoms with E-state index in [2.05, 4.69) is 31.2 Å². The SMILES string of the molecule is CC[SiH2]C1C=CCC=C1. The maximum absolute atomic E-state index is 2.37. The molecule has 0 bridgehead atoms. The molecule has 0 aromatic carbocycles. The Bertz CT molecular complexity index is 113. The molecule has 1 aliphatic rings. The molecule has 0 saturated heterocycles. The molecule has 0 amide bonds. The van der Waals surface area contributed by atoms with Crippen molar-refractivity contribution in [2.75, 3.05) is 0 Å². The van der Waals surface area contributed by atoms with Crippen LogP contribution in [0.25, 0.3) is 0 Å². The first-order chi connectivity index (χ1) is 4.43. The maximum Gasteiger partial charge on any atom is 0.0324 e. The van der Waals surface area contributed by atoms with E-state index in [4.69, 9.17) is 0 Å². The van der Waals surface area contributed by atoms with Crippen molar-refractivity contribution in [2.24, 2.45) is 0 Å². The van der Waals surface area contributed by atoms with Crippen molar-refractivity contribution >= 4 is 9.52 Å². The van der Waals surface area contributed by atoms with Gasteiger partial charge in [-0.2, -0.15) is 0 Å². The lowest BCUT2D eigenvalue weighted by molar-refractivity contribution is 1.20. The van der Waals surface area contributed by atoms with Crippen LogP contribution in [-0.4, -0.2) is 9.52 Å². The topological polar surface area (TPSA) is 0 Å². The van der Waals surface area contributed by atoms with E-state index in [1.165, 1.54) is 6.04 Å². The third kappa shape index (κ3) is 2.18. The Hall–Kier alpha value is -0.303. The molecule has 1 heteroatoms. The van der Waals surface area contributed by atoms with Crippen molar-refractivity contribution in [2.45, 2.75) is 24.9 Å². The van der Waals surface area contributed by atoms with Crippen LogP contribution in [0.5, 0.6) is 0 Å². The first kappa shape index (κ1) is 6.81. The average Bonchev–Trinajstić information content (AvgIpc) is 1.91. The zero-order chi connectivity index (χ0) is 6.53. The highest BCUT2D eigenvalue weighted by Gasteiger charge is 1.99. The van der Waals surface area contributed by atoms with Gasteiger partial charge in [-0.15, -0.1) is 0 Å². The fourth-order valence-corrected chi connectivity index (χ4v) is 2.61. The van der Waals surface area contributed by atoms with Gasteiger partial charge in [0, 0.05) is 9.52 Å². The van der Waals surface area contributed by atoms with Crippen LogP contribution in [0.15, 0.2) is 24.3 Å². The van der Waals surface area contributed by atoms with Gasteiger partial charge in [-0.1, -0.05) is 37.3 Å². The maximum atomic E-state index is 2.37. The monoisotopic (exact) mass is 138 g/mol. The number of hydrogen-bond acceptors (Lipinski definition) is 0. The van der Waals surface area contributed by atoms with Crippen molar-refractivity contribution in [3.05, 3.63) is 24.3 Å². The molecule has 0 aromatic heterocycles. The summed E-state index contributed by atoms with van der Waals surface area (Å²) in [6.07, 6.45) is 10.5. The third-order valence-electron chi connectivity index (χ3n) is 1.66. The van der Waals surface area contributed by atoms with E-state index < -0.39 is 0 Å². The van der Waals surface area contributed by atoms with E-state index in [0.29, 0.717) is 0 Å². The van der Waals surface area contributed by atoms with E-state index in [1.807, 2.05) is 0 Å². The highest BCUT2D eigenvalue weighted by atomic mass is 28.2. The lowest BCUT2D eigenvalue weighted by Gasteiger charge is -2.06. The predicted molar refractivity (Wildman–Crippen MR) is 45.7 cm³/mol. The highest BCUT2D eigenvalue weighted by molar-refractivity contribution is 6.39. The molecule has 0 N–H and O–H groups in total. The summed E-state index contributed by atoms with van der Waals surface area (Å²) in [6, 6.07) is 1.43. The second kappa shape index (κ2) is 3.67. The lowest BCUT2D eigenvalue weighted by Crippen LogP contribution is -1.96. The molecule has 0 unspecified atom stereocenters. The third-order valence-corrected chi connectivity index (χ3v) is 3.45. The average molecular weight is 138 g/mol. The molecule has 0 atom stereocenters. The van der Waals surface area contributed by atoms with Crippen molar-refractivity contribution < 1.29 is 0 Å². The van der Waals surface area contributed by atoms with Crippen molar-refractivity contribution in [1.29, 1.82) is 0 Å². The van der Waals surface area contributed by atoms with Crippen LogP contribution in [0.4, 0.5) is 0 Å². The second-order valence-electron chi connectivity index (χ2n) is 2.54. The van der Waals surface area contributed by atoms with Gasteiger partial charge in [0.05, 0.1) is 0 Å². The summed E-state index contributed by atoms with van der Waals surface area (Å²) in [7, 11) is 0.202. The molecule has 0 heterocycles. The fourth-order valence-electron chi connectivity index (χ4n) is 1.18. The normalized spacial score (nSPS) is 20.1. The first-order valence-electron chi connectivity index (χ1n) is 3.77. The van der Waals surface area contributed by atoms with Gasteiger partial charge in [0.25, 0.3) is 0 Å². The Labute approximate surface area is 59.5 Å². The van der Waals surface area contributed by atoms with Crippen molar-refractivity contribution in [1.82, 2.24) is 0 Å². The Morgan fingerprint density at radius 2 is 2.11 bits per heavy atom. The molecule has 0 nitrogen and oxygen atoms in total. The number of allylic oxidation sites excluding steroid dienone is 4. The van der Waals surface area contributed by atoms with E-state index in [9.17, 15) is 0 Å². The van der Waals surface area contributed by atoms with Gasteiger partial charge < -0.3 is 0 Å². The zero-order valence-corrected chi connectivity index (χ0v) is 7.42. The minimum absolute atomic E-state index is 0.202. The van der Waals surface area contributed by atoms with Gasteiger partial charge in [-0.25, -0.2) is 0 Å². The van der Waals surface area contributed by atoms with Crippen LogP contribution >= 0.6 is 0 Å². The fraction of sp³-hybridized carbons (Fsp3) is 0.500. The molecular weight excluding hydrogens is 124 g/mol. The molecule has 0 fully saturated rings. The quantitative estimate of drug-likeness (QED) is 0.404. The molecule has 0 spiro atoms. The van der Waals surface area contributed by atoms with Crippen LogP contribution in [0.3, 0.4) is 0 Å². The molecule has 50 valence electrons. The summed E-state index contributed by atoms with van der Waals surface area (Å²) < 4.78 is 0. The van der Waals surface area contributed by atoms with Crippen LogP contribution in [0.1, 0.15) is 13.3 Å². The Kier molecular flexibility index (Phi) is 2.78. The van der Waals surface area contributed by atoms with Gasteiger partial charge in [0.2, 0.25) is 0 Å². The Morgan fingerprint density at radius 1 is 1.44 bits per heavy atom. The van der Waals surface area contributed by atoms with Crippen LogP contribution in [0, 0.1) is 0 Å². The van der Waals surface area contributed by atoms with E-state index in [-0.39, 0.29) is 9.52 Å². The van der Waals surface area contributed by atoms with Crippen LogP contribution in [-0.2, 0) is 0 Å². The summed E-state index contributed by atoms with van der Waals surface area (Å²) in [5.74, 6) is 0. The number of rotatable bonds is 2. The molecule has 9 heavy (non-hydrogen) atoms. The molecule has 1 aliphatic carbocycles. The molecule has 0 aromatic rings. The highest BCUT2D eigenvalue weighted by Crippen LogP contribution is 2.14. The number of hydrogen-bond donors (Lipinski definition) is 0. The second-order valence-corrected chi connectivity index (χ2v) is 5.06. The largest absolute Gasteiger partial charge is 0.0847 e. The van der Waals surface area contributed by atoms with Crippen LogP contribution < -0.4 is 0 Å². The summed E-state index contributed by atoms with van der Waals surface area (Å²) in [6.45, 7) is 2.29. The first-order valence-corrected chi connectivity index (χ1v) is 5.58. The van der Waals surface area contributed by atoms with Gasteiger partial charge in [0.15, 0.2) is 0 Å². The smallest absolute Gasteiger partial charge is 0.0324 e. The Morgan fingerprint density at radius 3 is 2.67 bits per heavy atom. The van der Waals surface area contributed by atoms with Crippen molar-refractivity contribution in [3.8, 4) is 0 Å². The van der Waals surface area contributed by atoms with E-state index in [0.717, 1.165) is 12.0 Å². The van der Waals surface area contributed by atoms with Gasteiger partial charge in [0.1, 0.15) is 0 Å². The van der Waals surface area contributed by atoms with Crippen LogP contribution in [0.2, 0.25) is 11.6 Å².